The van der Waals surface area contributed by atoms with E-state index in [2.05, 4.69) is 22.1 Å². The number of aromatic nitrogens is 1. The SMILES string of the molecule is Cc1cc(C(=O)NC(Cc2ccccc2)C(=O)NC2CC2)c(C)n1C1CCCCC1. The van der Waals surface area contributed by atoms with E-state index in [4.69, 9.17) is 0 Å². The maximum absolute atomic E-state index is 13.2. The van der Waals surface area contributed by atoms with Crippen molar-refractivity contribution in [2.75, 3.05) is 0 Å². The number of rotatable bonds is 7. The second-order valence-corrected chi connectivity index (χ2v) is 8.95. The molecule has 1 aromatic carbocycles. The highest BCUT2D eigenvalue weighted by molar-refractivity contribution is 5.98. The number of amides is 2. The van der Waals surface area contributed by atoms with Crippen LogP contribution in [0.2, 0.25) is 0 Å². The van der Waals surface area contributed by atoms with Crippen LogP contribution in [-0.4, -0.2) is 28.5 Å². The fourth-order valence-electron chi connectivity index (χ4n) is 4.73. The van der Waals surface area contributed by atoms with Crippen LogP contribution in [0, 0.1) is 13.8 Å². The van der Waals surface area contributed by atoms with Crippen molar-refractivity contribution >= 4 is 11.8 Å². The van der Waals surface area contributed by atoms with E-state index >= 15 is 0 Å². The molecular formula is C25H33N3O2. The Bertz CT molecular complexity index is 893. The Morgan fingerprint density at radius 3 is 2.40 bits per heavy atom. The van der Waals surface area contributed by atoms with Crippen LogP contribution >= 0.6 is 0 Å². The molecule has 2 aromatic rings. The molecule has 2 aliphatic carbocycles. The Morgan fingerprint density at radius 2 is 1.73 bits per heavy atom. The van der Waals surface area contributed by atoms with Gasteiger partial charge in [-0.1, -0.05) is 49.6 Å². The van der Waals surface area contributed by atoms with Crippen molar-refractivity contribution < 1.29 is 9.59 Å². The summed E-state index contributed by atoms with van der Waals surface area (Å²) in [5.74, 6) is -0.243. The topological polar surface area (TPSA) is 63.1 Å². The molecule has 5 nitrogen and oxygen atoms in total. The molecule has 0 spiro atoms. The number of carbonyl (C=O) groups excluding carboxylic acids is 2. The summed E-state index contributed by atoms with van der Waals surface area (Å²) in [6, 6.07) is 12.0. The summed E-state index contributed by atoms with van der Waals surface area (Å²) < 4.78 is 2.34. The van der Waals surface area contributed by atoms with Crippen LogP contribution in [-0.2, 0) is 11.2 Å². The van der Waals surface area contributed by atoms with Gasteiger partial charge in [0.25, 0.3) is 5.91 Å². The third-order valence-corrected chi connectivity index (χ3v) is 6.50. The Hall–Kier alpha value is -2.56. The van der Waals surface area contributed by atoms with Gasteiger partial charge in [0.05, 0.1) is 5.56 Å². The second kappa shape index (κ2) is 9.07. The fourth-order valence-corrected chi connectivity index (χ4v) is 4.73. The number of hydrogen-bond acceptors (Lipinski definition) is 2. The molecule has 0 radical (unpaired) electrons. The van der Waals surface area contributed by atoms with Gasteiger partial charge >= 0.3 is 0 Å². The van der Waals surface area contributed by atoms with Crippen LogP contribution in [0.4, 0.5) is 0 Å². The largest absolute Gasteiger partial charge is 0.352 e. The molecule has 2 saturated carbocycles. The van der Waals surface area contributed by atoms with Crippen molar-refractivity contribution in [1.82, 2.24) is 15.2 Å². The van der Waals surface area contributed by atoms with Gasteiger partial charge in [0.1, 0.15) is 6.04 Å². The molecule has 2 fully saturated rings. The zero-order valence-corrected chi connectivity index (χ0v) is 18.1. The molecule has 4 rings (SSSR count). The van der Waals surface area contributed by atoms with E-state index < -0.39 is 6.04 Å². The summed E-state index contributed by atoms with van der Waals surface area (Å²) in [5.41, 5.74) is 3.88. The highest BCUT2D eigenvalue weighted by Crippen LogP contribution is 2.32. The summed E-state index contributed by atoms with van der Waals surface area (Å²) >= 11 is 0. The van der Waals surface area contributed by atoms with E-state index in [1.54, 1.807) is 0 Å². The molecule has 0 bridgehead atoms. The first-order valence-corrected chi connectivity index (χ1v) is 11.4. The molecule has 5 heteroatoms. The molecular weight excluding hydrogens is 374 g/mol. The van der Waals surface area contributed by atoms with Crippen molar-refractivity contribution in [2.45, 2.75) is 83.3 Å². The number of hydrogen-bond donors (Lipinski definition) is 2. The zero-order chi connectivity index (χ0) is 21.1. The standard InChI is InChI=1S/C25H33N3O2/c1-17-15-22(18(2)28(17)21-11-7-4-8-12-21)24(29)27-23(25(30)26-20-13-14-20)16-19-9-5-3-6-10-19/h3,5-6,9-10,15,20-21,23H,4,7-8,11-14,16H2,1-2H3,(H,26,30)(H,27,29). The number of aryl methyl sites for hydroxylation is 1. The van der Waals surface area contributed by atoms with E-state index in [0.717, 1.165) is 29.8 Å². The van der Waals surface area contributed by atoms with Crippen molar-refractivity contribution in [3.63, 3.8) is 0 Å². The van der Waals surface area contributed by atoms with Gasteiger partial charge < -0.3 is 15.2 Å². The van der Waals surface area contributed by atoms with Gasteiger partial charge in [0.2, 0.25) is 5.91 Å². The molecule has 0 aliphatic heterocycles. The van der Waals surface area contributed by atoms with Crippen LogP contribution in [0.25, 0.3) is 0 Å². The van der Waals surface area contributed by atoms with E-state index in [1.807, 2.05) is 43.3 Å². The van der Waals surface area contributed by atoms with Crippen molar-refractivity contribution in [3.05, 3.63) is 58.9 Å². The summed E-state index contributed by atoms with van der Waals surface area (Å²) in [7, 11) is 0. The monoisotopic (exact) mass is 407 g/mol. The lowest BCUT2D eigenvalue weighted by atomic mass is 9.95. The maximum Gasteiger partial charge on any atom is 0.253 e. The average molecular weight is 408 g/mol. The molecule has 2 N–H and O–H groups in total. The second-order valence-electron chi connectivity index (χ2n) is 8.95. The zero-order valence-electron chi connectivity index (χ0n) is 18.1. The quantitative estimate of drug-likeness (QED) is 0.721. The highest BCUT2D eigenvalue weighted by atomic mass is 16.2. The fraction of sp³-hybridized carbons (Fsp3) is 0.520. The molecule has 2 aliphatic rings. The summed E-state index contributed by atoms with van der Waals surface area (Å²) in [5, 5.41) is 6.09. The van der Waals surface area contributed by atoms with Crippen molar-refractivity contribution in [1.29, 1.82) is 0 Å². The first-order valence-electron chi connectivity index (χ1n) is 11.4. The van der Waals surface area contributed by atoms with Crippen LogP contribution in [0.3, 0.4) is 0 Å². The van der Waals surface area contributed by atoms with Gasteiger partial charge in [-0.3, -0.25) is 9.59 Å². The highest BCUT2D eigenvalue weighted by Gasteiger charge is 2.30. The minimum absolute atomic E-state index is 0.0872. The van der Waals surface area contributed by atoms with Gasteiger partial charge in [0, 0.05) is 29.9 Å². The van der Waals surface area contributed by atoms with Gasteiger partial charge in [-0.25, -0.2) is 0 Å². The number of carbonyl (C=O) groups is 2. The molecule has 1 atom stereocenters. The van der Waals surface area contributed by atoms with Crippen LogP contribution in [0.5, 0.6) is 0 Å². The molecule has 0 saturated heterocycles. The Balaban J connectivity index is 1.52. The first kappa shape index (κ1) is 20.7. The molecule has 1 unspecified atom stereocenters. The number of nitrogens with zero attached hydrogens (tertiary/aromatic N) is 1. The molecule has 2 amide bonds. The van der Waals surface area contributed by atoms with Crippen LogP contribution in [0.1, 0.15) is 78.3 Å². The summed E-state index contributed by atoms with van der Waals surface area (Å²) in [6.45, 7) is 4.12. The lowest BCUT2D eigenvalue weighted by Crippen LogP contribution is -2.48. The minimum atomic E-state index is -0.571. The summed E-state index contributed by atoms with van der Waals surface area (Å²) in [4.78, 5) is 26.1. The van der Waals surface area contributed by atoms with E-state index in [9.17, 15) is 9.59 Å². The lowest BCUT2D eigenvalue weighted by Gasteiger charge is -2.26. The number of nitrogens with one attached hydrogen (secondary N) is 2. The van der Waals surface area contributed by atoms with Crippen molar-refractivity contribution in [3.8, 4) is 0 Å². The normalized spacial score (nSPS) is 18.1. The third-order valence-electron chi connectivity index (χ3n) is 6.50. The van der Waals surface area contributed by atoms with E-state index in [0.29, 0.717) is 18.0 Å². The van der Waals surface area contributed by atoms with Crippen LogP contribution < -0.4 is 10.6 Å². The Labute approximate surface area is 179 Å². The predicted molar refractivity (Wildman–Crippen MR) is 119 cm³/mol. The molecule has 1 aromatic heterocycles. The first-order chi connectivity index (χ1) is 14.5. The van der Waals surface area contributed by atoms with Gasteiger partial charge in [-0.05, 0) is 51.2 Å². The molecule has 160 valence electrons. The van der Waals surface area contributed by atoms with E-state index in [1.165, 1.54) is 32.1 Å². The molecule has 1 heterocycles. The van der Waals surface area contributed by atoms with E-state index in [-0.39, 0.29) is 17.9 Å². The number of benzene rings is 1. The average Bonchev–Trinajstić information content (AvgIpc) is 3.51. The Morgan fingerprint density at radius 1 is 1.03 bits per heavy atom. The maximum atomic E-state index is 13.2. The third kappa shape index (κ3) is 4.77. The van der Waals surface area contributed by atoms with Crippen molar-refractivity contribution in [2.24, 2.45) is 0 Å². The lowest BCUT2D eigenvalue weighted by molar-refractivity contribution is -0.123. The minimum Gasteiger partial charge on any atom is -0.352 e. The smallest absolute Gasteiger partial charge is 0.253 e. The predicted octanol–water partition coefficient (Wildman–Crippen LogP) is 4.23. The van der Waals surface area contributed by atoms with Crippen LogP contribution in [0.15, 0.2) is 36.4 Å². The summed E-state index contributed by atoms with van der Waals surface area (Å²) in [6.07, 6.45) is 8.72. The van der Waals surface area contributed by atoms with Gasteiger partial charge in [-0.2, -0.15) is 0 Å². The van der Waals surface area contributed by atoms with Gasteiger partial charge in [-0.15, -0.1) is 0 Å². The molecule has 30 heavy (non-hydrogen) atoms. The Kier molecular flexibility index (Phi) is 6.26. The van der Waals surface area contributed by atoms with Gasteiger partial charge in [0.15, 0.2) is 0 Å².